The van der Waals surface area contributed by atoms with Crippen molar-refractivity contribution < 1.29 is 4.79 Å². The normalized spacial score (nSPS) is 12.2. The van der Waals surface area contributed by atoms with E-state index >= 15 is 0 Å². The van der Waals surface area contributed by atoms with Crippen LogP contribution in [0.25, 0.3) is 0 Å². The summed E-state index contributed by atoms with van der Waals surface area (Å²) in [6.45, 7) is 1.92. The van der Waals surface area contributed by atoms with Gasteiger partial charge in [-0.3, -0.25) is 10.1 Å². The Kier molecular flexibility index (Phi) is 3.82. The predicted octanol–water partition coefficient (Wildman–Crippen LogP) is 1.59. The fourth-order valence-corrected chi connectivity index (χ4v) is 0.852. The summed E-state index contributed by atoms with van der Waals surface area (Å²) in [6.07, 6.45) is 3.90. The molecule has 13 heavy (non-hydrogen) atoms. The maximum Gasteiger partial charge on any atom is 0.240 e. The van der Waals surface area contributed by atoms with Crippen molar-refractivity contribution in [3.63, 3.8) is 0 Å². The molecule has 1 unspecified atom stereocenters. The molecule has 5 heteroatoms. The summed E-state index contributed by atoms with van der Waals surface area (Å²) < 4.78 is 0. The van der Waals surface area contributed by atoms with E-state index in [9.17, 15) is 4.79 Å². The molecular weight excluding hydrogens is 234 g/mol. The first kappa shape index (κ1) is 10.1. The van der Waals surface area contributed by atoms with Gasteiger partial charge in [0.25, 0.3) is 0 Å². The summed E-state index contributed by atoms with van der Waals surface area (Å²) in [7, 11) is 0. The van der Waals surface area contributed by atoms with Gasteiger partial charge in [-0.1, -0.05) is 22.9 Å². The van der Waals surface area contributed by atoms with Gasteiger partial charge in [-0.25, -0.2) is 9.97 Å². The Balaban J connectivity index is 2.55. The third-order valence-electron chi connectivity index (χ3n) is 1.44. The summed E-state index contributed by atoms with van der Waals surface area (Å²) in [5.41, 5.74) is 0. The summed E-state index contributed by atoms with van der Waals surface area (Å²) in [4.78, 5) is 18.9. The minimum atomic E-state index is -0.184. The molecule has 0 saturated heterocycles. The van der Waals surface area contributed by atoms with Crippen LogP contribution in [-0.4, -0.2) is 20.7 Å². The molecule has 1 aromatic heterocycles. The Morgan fingerprint density at radius 2 is 2.23 bits per heavy atom. The molecule has 1 atom stereocenters. The number of hydrogen-bond donors (Lipinski definition) is 1. The highest BCUT2D eigenvalue weighted by atomic mass is 79.9. The number of carbonyl (C=O) groups is 1. The first-order chi connectivity index (χ1) is 6.24. The fraction of sp³-hybridized carbons (Fsp3) is 0.375. The van der Waals surface area contributed by atoms with Crippen LogP contribution in [0, 0.1) is 0 Å². The van der Waals surface area contributed by atoms with E-state index in [0.29, 0.717) is 5.95 Å². The number of halogens is 1. The average molecular weight is 244 g/mol. The monoisotopic (exact) mass is 243 g/mol. The van der Waals surface area contributed by atoms with E-state index in [2.05, 4.69) is 31.2 Å². The standard InChI is InChI=1S/C8H10BrN3O/c1-2-6(9)7(13)12-8-10-4-3-5-11-8/h3-6H,2H2,1H3,(H,10,11,12,13). The van der Waals surface area contributed by atoms with Crippen LogP contribution in [0.3, 0.4) is 0 Å². The second-order valence-electron chi connectivity index (χ2n) is 2.44. The van der Waals surface area contributed by atoms with Crippen molar-refractivity contribution in [1.82, 2.24) is 9.97 Å². The Morgan fingerprint density at radius 3 is 2.77 bits per heavy atom. The van der Waals surface area contributed by atoms with Crippen LogP contribution < -0.4 is 5.32 Å². The molecule has 0 saturated carbocycles. The number of hydrogen-bond acceptors (Lipinski definition) is 3. The van der Waals surface area contributed by atoms with Crippen LogP contribution in [0.15, 0.2) is 18.5 Å². The number of anilines is 1. The van der Waals surface area contributed by atoms with Crippen molar-refractivity contribution in [2.75, 3.05) is 5.32 Å². The van der Waals surface area contributed by atoms with E-state index in [1.807, 2.05) is 6.92 Å². The smallest absolute Gasteiger partial charge is 0.240 e. The minimum Gasteiger partial charge on any atom is -0.294 e. The Morgan fingerprint density at radius 1 is 1.62 bits per heavy atom. The third-order valence-corrected chi connectivity index (χ3v) is 2.51. The van der Waals surface area contributed by atoms with Crippen molar-refractivity contribution in [1.29, 1.82) is 0 Å². The van der Waals surface area contributed by atoms with Gasteiger partial charge in [0, 0.05) is 12.4 Å². The number of amides is 1. The van der Waals surface area contributed by atoms with Gasteiger partial charge in [-0.05, 0) is 12.5 Å². The average Bonchev–Trinajstić information content (AvgIpc) is 2.18. The Labute approximate surface area is 84.9 Å². The SMILES string of the molecule is CCC(Br)C(=O)Nc1ncccn1. The minimum absolute atomic E-state index is 0.117. The number of carbonyl (C=O) groups excluding carboxylic acids is 1. The number of aromatic nitrogens is 2. The van der Waals surface area contributed by atoms with Crippen LogP contribution in [0.1, 0.15) is 13.3 Å². The molecule has 1 aromatic rings. The number of alkyl halides is 1. The highest BCUT2D eigenvalue weighted by Crippen LogP contribution is 2.06. The lowest BCUT2D eigenvalue weighted by atomic mass is 10.3. The van der Waals surface area contributed by atoms with E-state index in [-0.39, 0.29) is 10.7 Å². The van der Waals surface area contributed by atoms with Crippen LogP contribution in [0.5, 0.6) is 0 Å². The van der Waals surface area contributed by atoms with Crippen LogP contribution in [0.4, 0.5) is 5.95 Å². The van der Waals surface area contributed by atoms with Crippen molar-refractivity contribution in [3.05, 3.63) is 18.5 Å². The maximum atomic E-state index is 11.3. The van der Waals surface area contributed by atoms with Crippen LogP contribution in [0.2, 0.25) is 0 Å². The molecule has 0 aliphatic heterocycles. The number of rotatable bonds is 3. The molecule has 70 valence electrons. The molecule has 0 aromatic carbocycles. The lowest BCUT2D eigenvalue weighted by molar-refractivity contribution is -0.115. The summed E-state index contributed by atoms with van der Waals surface area (Å²) in [5.74, 6) is 0.221. The van der Waals surface area contributed by atoms with Gasteiger partial charge < -0.3 is 0 Å². The Hall–Kier alpha value is -0.970. The highest BCUT2D eigenvalue weighted by Gasteiger charge is 2.12. The molecule has 4 nitrogen and oxygen atoms in total. The van der Waals surface area contributed by atoms with Crippen LogP contribution >= 0.6 is 15.9 Å². The molecule has 0 aliphatic rings. The lowest BCUT2D eigenvalue weighted by Crippen LogP contribution is -2.23. The zero-order valence-corrected chi connectivity index (χ0v) is 8.78. The summed E-state index contributed by atoms with van der Waals surface area (Å²) in [6, 6.07) is 1.70. The number of nitrogens with one attached hydrogen (secondary N) is 1. The first-order valence-corrected chi connectivity index (χ1v) is 4.87. The molecule has 0 spiro atoms. The predicted molar refractivity (Wildman–Crippen MR) is 53.7 cm³/mol. The van der Waals surface area contributed by atoms with Crippen LogP contribution in [-0.2, 0) is 4.79 Å². The topological polar surface area (TPSA) is 54.9 Å². The van der Waals surface area contributed by atoms with E-state index in [1.165, 1.54) is 0 Å². The van der Waals surface area contributed by atoms with Crippen molar-refractivity contribution >= 4 is 27.8 Å². The van der Waals surface area contributed by atoms with Gasteiger partial charge in [0.2, 0.25) is 11.9 Å². The van der Waals surface area contributed by atoms with Crippen molar-refractivity contribution in [3.8, 4) is 0 Å². The molecule has 0 aliphatic carbocycles. The van der Waals surface area contributed by atoms with E-state index < -0.39 is 0 Å². The second kappa shape index (κ2) is 4.91. The zero-order chi connectivity index (χ0) is 9.68. The molecule has 1 heterocycles. The molecular formula is C8H10BrN3O. The molecule has 0 radical (unpaired) electrons. The van der Waals surface area contributed by atoms with Gasteiger partial charge in [0.15, 0.2) is 0 Å². The second-order valence-corrected chi connectivity index (χ2v) is 3.54. The van der Waals surface area contributed by atoms with Crippen molar-refractivity contribution in [2.24, 2.45) is 0 Å². The zero-order valence-electron chi connectivity index (χ0n) is 7.20. The molecule has 1 N–H and O–H groups in total. The van der Waals surface area contributed by atoms with Crippen molar-refractivity contribution in [2.45, 2.75) is 18.2 Å². The largest absolute Gasteiger partial charge is 0.294 e. The highest BCUT2D eigenvalue weighted by molar-refractivity contribution is 9.10. The quantitative estimate of drug-likeness (QED) is 0.821. The fourth-order valence-electron chi connectivity index (χ4n) is 0.738. The molecule has 0 fully saturated rings. The van der Waals surface area contributed by atoms with E-state index in [0.717, 1.165) is 6.42 Å². The van der Waals surface area contributed by atoms with E-state index in [1.54, 1.807) is 18.5 Å². The molecule has 1 rings (SSSR count). The first-order valence-electron chi connectivity index (χ1n) is 3.96. The van der Waals surface area contributed by atoms with Gasteiger partial charge in [0.1, 0.15) is 0 Å². The van der Waals surface area contributed by atoms with Gasteiger partial charge in [0.05, 0.1) is 4.83 Å². The summed E-state index contributed by atoms with van der Waals surface area (Å²) >= 11 is 3.23. The van der Waals surface area contributed by atoms with Gasteiger partial charge >= 0.3 is 0 Å². The maximum absolute atomic E-state index is 11.3. The Bertz CT molecular complexity index is 278. The third kappa shape index (κ3) is 3.10. The molecule has 1 amide bonds. The van der Waals surface area contributed by atoms with E-state index in [4.69, 9.17) is 0 Å². The molecule has 0 bridgehead atoms. The van der Waals surface area contributed by atoms with Gasteiger partial charge in [-0.2, -0.15) is 0 Å². The lowest BCUT2D eigenvalue weighted by Gasteiger charge is -2.05. The summed E-state index contributed by atoms with van der Waals surface area (Å²) in [5, 5.41) is 2.58. The number of nitrogens with zero attached hydrogens (tertiary/aromatic N) is 2. The van der Waals surface area contributed by atoms with Gasteiger partial charge in [-0.15, -0.1) is 0 Å².